The molecule has 2 rings (SSSR count). The van der Waals surface area contributed by atoms with Crippen LogP contribution >= 0.6 is 15.9 Å². The molecule has 1 heterocycles. The van der Waals surface area contributed by atoms with Crippen molar-refractivity contribution in [2.45, 2.75) is 18.9 Å². The molecular formula is C14H19BrN2O2. The van der Waals surface area contributed by atoms with E-state index in [4.69, 9.17) is 4.74 Å². The number of ether oxygens (including phenoxy) is 1. The van der Waals surface area contributed by atoms with E-state index in [0.717, 1.165) is 36.2 Å². The van der Waals surface area contributed by atoms with Gasteiger partial charge in [-0.1, -0.05) is 15.9 Å². The monoisotopic (exact) mass is 326 g/mol. The van der Waals surface area contributed by atoms with Gasteiger partial charge in [0.1, 0.15) is 5.75 Å². The number of rotatable bonds is 5. The first-order valence-electron chi connectivity index (χ1n) is 6.53. The minimum Gasteiger partial charge on any atom is -0.484 e. The number of hydrogen-bond donors (Lipinski definition) is 1. The van der Waals surface area contributed by atoms with Crippen molar-refractivity contribution in [3.05, 3.63) is 28.7 Å². The van der Waals surface area contributed by atoms with Crippen LogP contribution in [0, 0.1) is 0 Å². The molecular weight excluding hydrogens is 308 g/mol. The third-order valence-corrected chi connectivity index (χ3v) is 3.84. The summed E-state index contributed by atoms with van der Waals surface area (Å²) in [5, 5.41) is 3.13. The highest BCUT2D eigenvalue weighted by Crippen LogP contribution is 2.18. The van der Waals surface area contributed by atoms with Gasteiger partial charge in [-0.2, -0.15) is 0 Å². The smallest absolute Gasteiger partial charge is 0.260 e. The average molecular weight is 327 g/mol. The lowest BCUT2D eigenvalue weighted by Crippen LogP contribution is -2.43. The molecule has 5 heteroatoms. The Hall–Kier alpha value is -1.07. The number of amides is 1. The molecule has 19 heavy (non-hydrogen) atoms. The molecule has 0 aliphatic carbocycles. The normalized spacial score (nSPS) is 18.6. The topological polar surface area (TPSA) is 41.6 Å². The summed E-state index contributed by atoms with van der Waals surface area (Å²) in [6.45, 7) is 1.81. The van der Waals surface area contributed by atoms with Crippen LogP contribution in [-0.4, -0.2) is 43.6 Å². The quantitative estimate of drug-likeness (QED) is 0.900. The maximum absolute atomic E-state index is 12.1. The van der Waals surface area contributed by atoms with E-state index in [-0.39, 0.29) is 12.5 Å². The van der Waals surface area contributed by atoms with Crippen molar-refractivity contribution in [2.75, 3.05) is 26.7 Å². The summed E-state index contributed by atoms with van der Waals surface area (Å²) in [5.41, 5.74) is 0. The first-order valence-corrected chi connectivity index (χ1v) is 7.32. The highest BCUT2D eigenvalue weighted by molar-refractivity contribution is 9.10. The van der Waals surface area contributed by atoms with E-state index >= 15 is 0 Å². The third kappa shape index (κ3) is 3.94. The molecule has 0 unspecified atom stereocenters. The van der Waals surface area contributed by atoms with Gasteiger partial charge in [-0.15, -0.1) is 0 Å². The van der Waals surface area contributed by atoms with E-state index in [1.54, 1.807) is 0 Å². The standard InChI is InChI=1S/C14H19BrN2O2/c1-16-9-12-3-2-8-17(12)14(18)10-19-13-6-4-11(15)5-7-13/h4-7,12,16H,2-3,8-10H2,1H3/t12-/m0/s1. The Bertz CT molecular complexity index is 422. The molecule has 4 nitrogen and oxygen atoms in total. The maximum Gasteiger partial charge on any atom is 0.260 e. The van der Waals surface area contributed by atoms with E-state index in [2.05, 4.69) is 21.2 Å². The Kier molecular flexibility index (Phi) is 5.22. The van der Waals surface area contributed by atoms with Gasteiger partial charge in [0.25, 0.3) is 5.91 Å². The van der Waals surface area contributed by atoms with Crippen molar-refractivity contribution >= 4 is 21.8 Å². The van der Waals surface area contributed by atoms with Crippen LogP contribution in [0.1, 0.15) is 12.8 Å². The second-order valence-corrected chi connectivity index (χ2v) is 5.60. The molecule has 1 saturated heterocycles. The Balaban J connectivity index is 1.85. The van der Waals surface area contributed by atoms with Crippen LogP contribution in [0.4, 0.5) is 0 Å². The highest BCUT2D eigenvalue weighted by Gasteiger charge is 2.28. The molecule has 0 aromatic heterocycles. The van der Waals surface area contributed by atoms with Crippen LogP contribution < -0.4 is 10.1 Å². The summed E-state index contributed by atoms with van der Waals surface area (Å²) < 4.78 is 6.53. The van der Waals surface area contributed by atoms with E-state index < -0.39 is 0 Å². The second kappa shape index (κ2) is 6.91. The zero-order valence-electron chi connectivity index (χ0n) is 11.1. The second-order valence-electron chi connectivity index (χ2n) is 4.68. The number of likely N-dealkylation sites (tertiary alicyclic amines) is 1. The van der Waals surface area contributed by atoms with Crippen LogP contribution in [0.15, 0.2) is 28.7 Å². The number of benzene rings is 1. The lowest BCUT2D eigenvalue weighted by atomic mass is 10.2. The number of hydrogen-bond acceptors (Lipinski definition) is 3. The fourth-order valence-corrected chi connectivity index (χ4v) is 2.64. The van der Waals surface area contributed by atoms with E-state index in [1.807, 2.05) is 36.2 Å². The molecule has 0 radical (unpaired) electrons. The van der Waals surface area contributed by atoms with Gasteiger partial charge >= 0.3 is 0 Å². The summed E-state index contributed by atoms with van der Waals surface area (Å²) in [6.07, 6.45) is 2.15. The fraction of sp³-hybridized carbons (Fsp3) is 0.500. The highest BCUT2D eigenvalue weighted by atomic mass is 79.9. The van der Waals surface area contributed by atoms with Crippen molar-refractivity contribution in [1.82, 2.24) is 10.2 Å². The molecule has 1 aromatic rings. The van der Waals surface area contributed by atoms with Crippen molar-refractivity contribution in [3.8, 4) is 5.75 Å². The van der Waals surface area contributed by atoms with Gasteiger partial charge in [0, 0.05) is 23.6 Å². The van der Waals surface area contributed by atoms with Crippen LogP contribution in [0.25, 0.3) is 0 Å². The molecule has 1 fully saturated rings. The molecule has 104 valence electrons. The van der Waals surface area contributed by atoms with Gasteiger partial charge < -0.3 is 15.0 Å². The molecule has 0 saturated carbocycles. The minimum atomic E-state index is 0.0701. The van der Waals surface area contributed by atoms with Gasteiger partial charge in [0.2, 0.25) is 0 Å². The number of nitrogens with one attached hydrogen (secondary N) is 1. The number of likely N-dealkylation sites (N-methyl/N-ethyl adjacent to an activating group) is 1. The van der Waals surface area contributed by atoms with Crippen molar-refractivity contribution < 1.29 is 9.53 Å². The molecule has 1 aliphatic rings. The summed E-state index contributed by atoms with van der Waals surface area (Å²) in [6, 6.07) is 7.82. The summed E-state index contributed by atoms with van der Waals surface area (Å²) in [4.78, 5) is 14.1. The summed E-state index contributed by atoms with van der Waals surface area (Å²) in [5.74, 6) is 0.793. The number of halogens is 1. The Morgan fingerprint density at radius 3 is 2.89 bits per heavy atom. The molecule has 1 atom stereocenters. The lowest BCUT2D eigenvalue weighted by molar-refractivity contribution is -0.134. The van der Waals surface area contributed by atoms with Gasteiger partial charge in [0.05, 0.1) is 0 Å². The zero-order chi connectivity index (χ0) is 13.7. The Morgan fingerprint density at radius 1 is 1.47 bits per heavy atom. The van der Waals surface area contributed by atoms with E-state index in [9.17, 15) is 4.79 Å². The first-order chi connectivity index (χ1) is 9.20. The van der Waals surface area contributed by atoms with E-state index in [1.165, 1.54) is 0 Å². The zero-order valence-corrected chi connectivity index (χ0v) is 12.6. The number of carbonyl (C=O) groups excluding carboxylic acids is 1. The SMILES string of the molecule is CNC[C@@H]1CCCN1C(=O)COc1ccc(Br)cc1. The fourth-order valence-electron chi connectivity index (χ4n) is 2.37. The predicted octanol–water partition coefficient (Wildman–Crippen LogP) is 2.04. The molecule has 1 aliphatic heterocycles. The Labute approximate surface area is 122 Å². The van der Waals surface area contributed by atoms with Gasteiger partial charge in [-0.3, -0.25) is 4.79 Å². The first kappa shape index (κ1) is 14.3. The van der Waals surface area contributed by atoms with Gasteiger partial charge in [-0.25, -0.2) is 0 Å². The van der Waals surface area contributed by atoms with Crippen LogP contribution in [-0.2, 0) is 4.79 Å². The molecule has 0 bridgehead atoms. The Morgan fingerprint density at radius 2 is 2.21 bits per heavy atom. The molecule has 1 N–H and O–H groups in total. The summed E-state index contributed by atoms with van der Waals surface area (Å²) >= 11 is 3.37. The molecule has 0 spiro atoms. The van der Waals surface area contributed by atoms with Crippen molar-refractivity contribution in [2.24, 2.45) is 0 Å². The number of nitrogens with zero attached hydrogens (tertiary/aromatic N) is 1. The lowest BCUT2D eigenvalue weighted by Gasteiger charge is -2.24. The molecule has 1 aromatic carbocycles. The van der Waals surface area contributed by atoms with Crippen molar-refractivity contribution in [1.29, 1.82) is 0 Å². The van der Waals surface area contributed by atoms with Gasteiger partial charge in [0.15, 0.2) is 6.61 Å². The van der Waals surface area contributed by atoms with Crippen LogP contribution in [0.2, 0.25) is 0 Å². The molecule has 1 amide bonds. The van der Waals surface area contributed by atoms with E-state index in [0.29, 0.717) is 6.04 Å². The third-order valence-electron chi connectivity index (χ3n) is 3.31. The summed E-state index contributed by atoms with van der Waals surface area (Å²) in [7, 11) is 1.92. The minimum absolute atomic E-state index is 0.0701. The average Bonchev–Trinajstić information content (AvgIpc) is 2.86. The largest absolute Gasteiger partial charge is 0.484 e. The predicted molar refractivity (Wildman–Crippen MR) is 78.3 cm³/mol. The van der Waals surface area contributed by atoms with Crippen LogP contribution in [0.5, 0.6) is 5.75 Å². The van der Waals surface area contributed by atoms with Crippen molar-refractivity contribution in [3.63, 3.8) is 0 Å². The number of carbonyl (C=O) groups is 1. The van der Waals surface area contributed by atoms with Gasteiger partial charge in [-0.05, 0) is 44.2 Å². The maximum atomic E-state index is 12.1. The van der Waals surface area contributed by atoms with Crippen LogP contribution in [0.3, 0.4) is 0 Å².